The van der Waals surface area contributed by atoms with Crippen LogP contribution in [0.5, 0.6) is 0 Å². The molecule has 4 atom stereocenters. The van der Waals surface area contributed by atoms with Crippen molar-refractivity contribution >= 4 is 55.5 Å². The number of carbonyl (C=O) groups excluding carboxylic acids is 1. The van der Waals surface area contributed by atoms with Crippen LogP contribution in [-0.4, -0.2) is 22.2 Å². The number of hydrogen-bond donors (Lipinski definition) is 4. The minimum atomic E-state index is -0.413. The third kappa shape index (κ3) is 4.73. The van der Waals surface area contributed by atoms with Gasteiger partial charge in [-0.1, -0.05) is 102 Å². The molecule has 4 aromatic rings. The van der Waals surface area contributed by atoms with Crippen LogP contribution in [0, 0.1) is 23.7 Å². The van der Waals surface area contributed by atoms with Crippen molar-refractivity contribution in [3.63, 3.8) is 0 Å². The highest BCUT2D eigenvalue weighted by Crippen LogP contribution is 2.51. The predicted molar refractivity (Wildman–Crippen MR) is 206 cm³/mol. The summed E-state index contributed by atoms with van der Waals surface area (Å²) >= 11 is 0. The predicted octanol–water partition coefficient (Wildman–Crippen LogP) is 9.44. The molecule has 2 spiro atoms. The maximum absolute atomic E-state index is 14.6. The minimum Gasteiger partial charge on any atom is -0.506 e. The molecule has 0 radical (unpaired) electrons. The summed E-state index contributed by atoms with van der Waals surface area (Å²) < 4.78 is 0. The Hall–Kier alpha value is -4.32. The number of nitrogens with one attached hydrogen (secondary N) is 3. The summed E-state index contributed by atoms with van der Waals surface area (Å²) in [5, 5.41) is 29.8. The Morgan fingerprint density at radius 2 is 1.26 bits per heavy atom. The molecule has 0 aromatic heterocycles. The second-order valence-electron chi connectivity index (χ2n) is 16.2. The lowest BCUT2D eigenvalue weighted by Crippen LogP contribution is -2.53. The zero-order valence-corrected chi connectivity index (χ0v) is 30.0. The summed E-state index contributed by atoms with van der Waals surface area (Å²) in [7, 11) is 0. The van der Waals surface area contributed by atoms with E-state index in [4.69, 9.17) is 4.99 Å². The van der Waals surface area contributed by atoms with Gasteiger partial charge in [0.15, 0.2) is 0 Å². The van der Waals surface area contributed by atoms with Crippen LogP contribution in [-0.2, 0) is 4.79 Å². The van der Waals surface area contributed by atoms with Gasteiger partial charge in [0.2, 0.25) is 5.78 Å². The van der Waals surface area contributed by atoms with Crippen molar-refractivity contribution in [1.82, 2.24) is 0 Å². The smallest absolute Gasteiger partial charge is 0.201 e. The summed E-state index contributed by atoms with van der Waals surface area (Å²) in [6, 6.07) is 21.0. The van der Waals surface area contributed by atoms with Gasteiger partial charge in [0, 0.05) is 32.9 Å². The normalized spacial score (nSPS) is 30.9. The number of hydrogen-bond acceptors (Lipinski definition) is 6. The molecule has 4 N–H and O–H groups in total. The first-order chi connectivity index (χ1) is 24.3. The number of benzene rings is 4. The van der Waals surface area contributed by atoms with Gasteiger partial charge in [0.25, 0.3) is 0 Å². The van der Waals surface area contributed by atoms with Crippen molar-refractivity contribution in [2.45, 2.75) is 103 Å². The molecule has 6 heteroatoms. The molecule has 2 saturated carbocycles. The Kier molecular flexibility index (Phi) is 7.35. The van der Waals surface area contributed by atoms with E-state index in [2.05, 4.69) is 92.2 Å². The van der Waals surface area contributed by atoms with Crippen LogP contribution < -0.4 is 26.5 Å². The van der Waals surface area contributed by atoms with E-state index in [0.717, 1.165) is 106 Å². The average molecular weight is 667 g/mol. The van der Waals surface area contributed by atoms with Gasteiger partial charge in [-0.25, -0.2) is 0 Å². The lowest BCUT2D eigenvalue weighted by atomic mass is 9.71. The van der Waals surface area contributed by atoms with E-state index in [0.29, 0.717) is 34.8 Å². The quantitative estimate of drug-likeness (QED) is 0.171. The fourth-order valence-electron chi connectivity index (χ4n) is 10.6. The Balaban J connectivity index is 1.23. The molecule has 2 aliphatic heterocycles. The molecule has 0 bridgehead atoms. The van der Waals surface area contributed by atoms with Crippen molar-refractivity contribution in [3.8, 4) is 0 Å². The van der Waals surface area contributed by atoms with Gasteiger partial charge >= 0.3 is 0 Å². The summed E-state index contributed by atoms with van der Waals surface area (Å²) in [4.78, 5) is 20.1. The van der Waals surface area contributed by atoms with E-state index >= 15 is 0 Å². The third-order valence-electron chi connectivity index (χ3n) is 13.1. The molecule has 258 valence electrons. The SMILES string of the molecule is CCC1CC(CC)CC2(C1)N=c1c(=C3C(=O)C(c4ccc5cccc6c5c4NC4(CC(CC)CC(CC)C4)N6)=C3O)ccc3cccc(c13)N2. The van der Waals surface area contributed by atoms with Gasteiger partial charge in [0.1, 0.15) is 17.1 Å². The van der Waals surface area contributed by atoms with Crippen molar-refractivity contribution in [2.24, 2.45) is 28.7 Å². The first kappa shape index (κ1) is 31.6. The monoisotopic (exact) mass is 666 g/mol. The molecule has 6 nitrogen and oxygen atoms in total. The second-order valence-corrected chi connectivity index (χ2v) is 16.2. The highest BCUT2D eigenvalue weighted by atomic mass is 16.3. The lowest BCUT2D eigenvalue weighted by Gasteiger charge is -2.49. The van der Waals surface area contributed by atoms with Crippen LogP contribution in [0.1, 0.15) is 97.5 Å². The molecule has 0 amide bonds. The van der Waals surface area contributed by atoms with E-state index in [9.17, 15) is 9.90 Å². The van der Waals surface area contributed by atoms with Crippen LogP contribution in [0.3, 0.4) is 0 Å². The summed E-state index contributed by atoms with van der Waals surface area (Å²) in [5.41, 5.74) is 4.03. The van der Waals surface area contributed by atoms with Gasteiger partial charge in [0.05, 0.1) is 22.2 Å². The van der Waals surface area contributed by atoms with Crippen LogP contribution in [0.4, 0.5) is 17.1 Å². The van der Waals surface area contributed by atoms with Gasteiger partial charge in [-0.3, -0.25) is 9.79 Å². The van der Waals surface area contributed by atoms with Crippen molar-refractivity contribution in [3.05, 3.63) is 82.6 Å². The third-order valence-corrected chi connectivity index (χ3v) is 13.1. The Bertz CT molecular complexity index is 2210. The number of ketones is 1. The van der Waals surface area contributed by atoms with Crippen molar-refractivity contribution in [2.75, 3.05) is 16.0 Å². The van der Waals surface area contributed by atoms with E-state index in [-0.39, 0.29) is 17.2 Å². The maximum atomic E-state index is 14.6. The van der Waals surface area contributed by atoms with E-state index in [1.807, 2.05) is 12.1 Å². The minimum absolute atomic E-state index is 0.0800. The number of aliphatic hydroxyl groups is 1. The molecule has 4 aromatic carbocycles. The summed E-state index contributed by atoms with van der Waals surface area (Å²) in [6.45, 7) is 9.19. The number of anilines is 3. The largest absolute Gasteiger partial charge is 0.506 e. The molecular weight excluding hydrogens is 617 g/mol. The standard InChI is InChI=1S/C44H50N4O2/c1-5-25-19-26(6-2)22-43(21-25)45-33-13-9-11-29-15-17-31(39(47-43)35(29)33)37-41(49)38(42(37)50)32-18-16-30-12-10-14-34-36(30)40(32)48-44(46-34)23-27(7-3)20-28(8-4)24-44/h9-18,25-28,45-47,49H,5-8,19-24H2,1-4H3. The van der Waals surface area contributed by atoms with Crippen molar-refractivity contribution < 1.29 is 9.90 Å². The fraction of sp³-hybridized carbons (Fsp3) is 0.455. The van der Waals surface area contributed by atoms with Crippen molar-refractivity contribution in [1.29, 1.82) is 0 Å². The van der Waals surface area contributed by atoms with Crippen LogP contribution in [0.2, 0.25) is 0 Å². The van der Waals surface area contributed by atoms with Gasteiger partial charge in [-0.15, -0.1) is 0 Å². The number of aliphatic hydroxyl groups excluding tert-OH is 1. The molecule has 5 aliphatic rings. The summed E-state index contributed by atoms with van der Waals surface area (Å²) in [6.07, 6.45) is 11.1. The first-order valence-electron chi connectivity index (χ1n) is 19.3. The fourth-order valence-corrected chi connectivity index (χ4v) is 10.6. The van der Waals surface area contributed by atoms with Crippen LogP contribution in [0.15, 0.2) is 71.4 Å². The highest BCUT2D eigenvalue weighted by Gasteiger charge is 2.45. The topological polar surface area (TPSA) is 85.8 Å². The van der Waals surface area contributed by atoms with Gasteiger partial charge in [-0.2, -0.15) is 0 Å². The molecule has 0 saturated heterocycles. The highest BCUT2D eigenvalue weighted by molar-refractivity contribution is 6.52. The lowest BCUT2D eigenvalue weighted by molar-refractivity contribution is -0.109. The Morgan fingerprint density at radius 3 is 1.88 bits per heavy atom. The number of Topliss-reactive ketones (excluding diaryl/α,β-unsaturated/α-hetero) is 1. The van der Waals surface area contributed by atoms with Gasteiger partial charge in [-0.05, 0) is 85.1 Å². The molecule has 50 heavy (non-hydrogen) atoms. The van der Waals surface area contributed by atoms with Gasteiger partial charge < -0.3 is 21.1 Å². The number of nitrogens with zero attached hydrogens (tertiary/aromatic N) is 1. The molecule has 9 rings (SSSR count). The molecule has 3 aliphatic carbocycles. The molecule has 2 fully saturated rings. The number of rotatable bonds is 5. The van der Waals surface area contributed by atoms with Crippen LogP contribution in [0.25, 0.3) is 32.7 Å². The molecule has 2 heterocycles. The second kappa shape index (κ2) is 11.6. The molecule has 4 unspecified atom stereocenters. The number of allylic oxidation sites excluding steroid dienone is 2. The Morgan fingerprint density at radius 1 is 0.680 bits per heavy atom. The first-order valence-corrected chi connectivity index (χ1v) is 19.3. The summed E-state index contributed by atoms with van der Waals surface area (Å²) in [5.74, 6) is 2.42. The zero-order valence-electron chi connectivity index (χ0n) is 30.0. The van der Waals surface area contributed by atoms with Crippen LogP contribution >= 0.6 is 0 Å². The maximum Gasteiger partial charge on any atom is 0.201 e. The Labute approximate surface area is 295 Å². The average Bonchev–Trinajstić information content (AvgIpc) is 3.13. The van der Waals surface area contributed by atoms with E-state index < -0.39 is 5.66 Å². The molecular formula is C44H50N4O2. The van der Waals surface area contributed by atoms with E-state index in [1.165, 1.54) is 12.8 Å². The number of carbonyl (C=O) groups is 1. The van der Waals surface area contributed by atoms with E-state index in [1.54, 1.807) is 0 Å². The zero-order chi connectivity index (χ0) is 34.4.